The first-order valence-electron chi connectivity index (χ1n) is 8.75. The van der Waals surface area contributed by atoms with Gasteiger partial charge < -0.3 is 4.90 Å². The Kier molecular flexibility index (Phi) is 4.11. The second-order valence-electron chi connectivity index (χ2n) is 6.72. The number of halogens is 1. The summed E-state index contributed by atoms with van der Waals surface area (Å²) in [6.45, 7) is 0.617. The zero-order valence-corrected chi connectivity index (χ0v) is 14.6. The average Bonchev–Trinajstić information content (AvgIpc) is 3.22. The van der Waals surface area contributed by atoms with E-state index in [0.717, 1.165) is 29.4 Å². The summed E-state index contributed by atoms with van der Waals surface area (Å²) in [7, 11) is 1.71. The van der Waals surface area contributed by atoms with E-state index in [9.17, 15) is 14.0 Å². The van der Waals surface area contributed by atoms with E-state index in [4.69, 9.17) is 0 Å². The van der Waals surface area contributed by atoms with Gasteiger partial charge in [0.25, 0.3) is 0 Å². The first-order valence-corrected chi connectivity index (χ1v) is 8.75. The third-order valence-electron chi connectivity index (χ3n) is 5.15. The second kappa shape index (κ2) is 6.44. The van der Waals surface area contributed by atoms with Crippen LogP contribution in [0.15, 0.2) is 53.3 Å². The molecule has 5 nitrogen and oxygen atoms in total. The number of likely N-dealkylation sites (tertiary alicyclic amines) is 1. The van der Waals surface area contributed by atoms with Crippen LogP contribution in [0.2, 0.25) is 0 Å². The van der Waals surface area contributed by atoms with Gasteiger partial charge in [-0.15, -0.1) is 0 Å². The Balaban J connectivity index is 1.64. The van der Waals surface area contributed by atoms with Gasteiger partial charge in [-0.05, 0) is 42.7 Å². The highest BCUT2D eigenvalue weighted by Crippen LogP contribution is 2.32. The molecule has 1 saturated heterocycles. The van der Waals surface area contributed by atoms with Gasteiger partial charge in [0.05, 0.1) is 17.1 Å². The molecular formula is C20H20FN3O2. The van der Waals surface area contributed by atoms with Crippen molar-refractivity contribution in [2.24, 2.45) is 7.05 Å². The highest BCUT2D eigenvalue weighted by atomic mass is 19.1. The predicted molar refractivity (Wildman–Crippen MR) is 97.3 cm³/mol. The molecular weight excluding hydrogens is 333 g/mol. The molecule has 1 atom stereocenters. The van der Waals surface area contributed by atoms with Crippen molar-refractivity contribution in [2.45, 2.75) is 25.4 Å². The van der Waals surface area contributed by atoms with E-state index < -0.39 is 0 Å². The zero-order chi connectivity index (χ0) is 18.3. The highest BCUT2D eigenvalue weighted by Gasteiger charge is 2.30. The van der Waals surface area contributed by atoms with Crippen molar-refractivity contribution in [3.63, 3.8) is 0 Å². The molecule has 3 aromatic rings. The summed E-state index contributed by atoms with van der Waals surface area (Å²) < 4.78 is 16.6. The topological polar surface area (TPSA) is 47.2 Å². The van der Waals surface area contributed by atoms with Gasteiger partial charge in [0.1, 0.15) is 12.4 Å². The number of carbonyl (C=O) groups excluding carboxylic acids is 1. The van der Waals surface area contributed by atoms with E-state index >= 15 is 0 Å². The predicted octanol–water partition coefficient (Wildman–Crippen LogP) is 2.84. The maximum atomic E-state index is 13.6. The van der Waals surface area contributed by atoms with Crippen LogP contribution in [0.3, 0.4) is 0 Å². The monoisotopic (exact) mass is 353 g/mol. The standard InChI is InChI=1S/C20H20FN3O2/c1-22-17-8-2-3-9-18(17)24(20(22)26)13-19(25)23-11-5-10-16(23)14-6-4-7-15(21)12-14/h2-4,6-9,12,16H,5,10-11,13H2,1H3. The van der Waals surface area contributed by atoms with Gasteiger partial charge in [-0.2, -0.15) is 0 Å². The molecule has 0 saturated carbocycles. The highest BCUT2D eigenvalue weighted by molar-refractivity contribution is 5.81. The van der Waals surface area contributed by atoms with Crippen LogP contribution < -0.4 is 5.69 Å². The Morgan fingerprint density at radius 3 is 2.69 bits per heavy atom. The van der Waals surface area contributed by atoms with E-state index in [1.54, 1.807) is 22.6 Å². The molecule has 6 heteroatoms. The Bertz CT molecular complexity index is 1040. The van der Waals surface area contributed by atoms with Gasteiger partial charge in [-0.3, -0.25) is 13.9 Å². The van der Waals surface area contributed by atoms with Crippen molar-refractivity contribution in [1.29, 1.82) is 0 Å². The number of aryl methyl sites for hydroxylation is 1. The normalized spacial score (nSPS) is 17.2. The number of hydrogen-bond donors (Lipinski definition) is 0. The third kappa shape index (κ3) is 2.71. The number of hydrogen-bond acceptors (Lipinski definition) is 2. The molecule has 0 spiro atoms. The van der Waals surface area contributed by atoms with Crippen LogP contribution in [0.4, 0.5) is 4.39 Å². The van der Waals surface area contributed by atoms with Crippen LogP contribution >= 0.6 is 0 Å². The molecule has 2 heterocycles. The van der Waals surface area contributed by atoms with Crippen molar-refractivity contribution in [3.8, 4) is 0 Å². The smallest absolute Gasteiger partial charge is 0.329 e. The van der Waals surface area contributed by atoms with Crippen LogP contribution in [0, 0.1) is 5.82 Å². The van der Waals surface area contributed by atoms with Gasteiger partial charge in [0.15, 0.2) is 0 Å². The first-order chi connectivity index (χ1) is 12.6. The molecule has 1 aromatic heterocycles. The summed E-state index contributed by atoms with van der Waals surface area (Å²) in [5.74, 6) is -0.415. The Labute approximate surface area is 150 Å². The van der Waals surface area contributed by atoms with Crippen LogP contribution in [-0.4, -0.2) is 26.5 Å². The van der Waals surface area contributed by atoms with Crippen LogP contribution in [0.5, 0.6) is 0 Å². The van der Waals surface area contributed by atoms with E-state index in [1.807, 2.05) is 30.3 Å². The van der Waals surface area contributed by atoms with Crippen molar-refractivity contribution in [2.75, 3.05) is 6.54 Å². The van der Waals surface area contributed by atoms with Gasteiger partial charge in [0, 0.05) is 13.6 Å². The van der Waals surface area contributed by atoms with E-state index in [-0.39, 0.29) is 30.0 Å². The molecule has 1 aliphatic heterocycles. The molecule has 0 bridgehead atoms. The number of carbonyl (C=O) groups is 1. The maximum absolute atomic E-state index is 13.6. The molecule has 0 radical (unpaired) electrons. The quantitative estimate of drug-likeness (QED) is 0.727. The molecule has 1 amide bonds. The fourth-order valence-corrected chi connectivity index (χ4v) is 3.87. The molecule has 0 N–H and O–H groups in total. The lowest BCUT2D eigenvalue weighted by Gasteiger charge is -2.25. The lowest BCUT2D eigenvalue weighted by molar-refractivity contribution is -0.132. The minimum atomic E-state index is -0.299. The van der Waals surface area contributed by atoms with E-state index in [2.05, 4.69) is 0 Å². The Morgan fingerprint density at radius 1 is 1.15 bits per heavy atom. The fraction of sp³-hybridized carbons (Fsp3) is 0.300. The SMILES string of the molecule is Cn1c(=O)n(CC(=O)N2CCCC2c2cccc(F)c2)c2ccccc21. The Morgan fingerprint density at radius 2 is 1.92 bits per heavy atom. The summed E-state index contributed by atoms with van der Waals surface area (Å²) >= 11 is 0. The average molecular weight is 353 g/mol. The number of nitrogens with zero attached hydrogens (tertiary/aromatic N) is 3. The first kappa shape index (κ1) is 16.6. The van der Waals surface area contributed by atoms with Crippen molar-refractivity contribution < 1.29 is 9.18 Å². The zero-order valence-electron chi connectivity index (χ0n) is 14.6. The lowest BCUT2D eigenvalue weighted by Crippen LogP contribution is -2.36. The molecule has 1 aliphatic rings. The largest absolute Gasteiger partial charge is 0.334 e. The third-order valence-corrected chi connectivity index (χ3v) is 5.15. The van der Waals surface area contributed by atoms with Crippen molar-refractivity contribution >= 4 is 16.9 Å². The van der Waals surface area contributed by atoms with Crippen molar-refractivity contribution in [3.05, 3.63) is 70.4 Å². The van der Waals surface area contributed by atoms with Gasteiger partial charge in [-0.1, -0.05) is 24.3 Å². The van der Waals surface area contributed by atoms with Gasteiger partial charge in [0.2, 0.25) is 5.91 Å². The maximum Gasteiger partial charge on any atom is 0.329 e. The van der Waals surface area contributed by atoms with Crippen LogP contribution in [0.25, 0.3) is 11.0 Å². The minimum Gasteiger partial charge on any atom is -0.334 e. The van der Waals surface area contributed by atoms with Crippen LogP contribution in [-0.2, 0) is 18.4 Å². The number of rotatable bonds is 3. The number of para-hydroxylation sites is 2. The molecule has 1 unspecified atom stereocenters. The summed E-state index contributed by atoms with van der Waals surface area (Å²) in [6, 6.07) is 13.7. The van der Waals surface area contributed by atoms with E-state index in [1.165, 1.54) is 16.7 Å². The molecule has 26 heavy (non-hydrogen) atoms. The number of fused-ring (bicyclic) bond motifs is 1. The lowest BCUT2D eigenvalue weighted by atomic mass is 10.0. The van der Waals surface area contributed by atoms with E-state index in [0.29, 0.717) is 6.54 Å². The number of aromatic nitrogens is 2. The Hall–Kier alpha value is -2.89. The fourth-order valence-electron chi connectivity index (χ4n) is 3.87. The summed E-state index contributed by atoms with van der Waals surface area (Å²) in [5.41, 5.74) is 2.14. The van der Waals surface area contributed by atoms with Crippen molar-refractivity contribution in [1.82, 2.24) is 14.0 Å². The summed E-state index contributed by atoms with van der Waals surface area (Å²) in [6.07, 6.45) is 1.68. The number of benzene rings is 2. The van der Waals surface area contributed by atoms with Gasteiger partial charge in [-0.25, -0.2) is 9.18 Å². The molecule has 134 valence electrons. The van der Waals surface area contributed by atoms with Crippen LogP contribution in [0.1, 0.15) is 24.4 Å². The molecule has 2 aromatic carbocycles. The molecule has 0 aliphatic carbocycles. The molecule has 1 fully saturated rings. The summed E-state index contributed by atoms with van der Waals surface area (Å²) in [5, 5.41) is 0. The molecule has 4 rings (SSSR count). The minimum absolute atomic E-state index is 0.00793. The number of amides is 1. The summed E-state index contributed by atoms with van der Waals surface area (Å²) in [4.78, 5) is 27.3. The van der Waals surface area contributed by atoms with Gasteiger partial charge >= 0.3 is 5.69 Å². The number of imidazole rings is 1. The second-order valence-corrected chi connectivity index (χ2v) is 6.72.